The van der Waals surface area contributed by atoms with E-state index >= 15 is 0 Å². The van der Waals surface area contributed by atoms with Crippen LogP contribution < -0.4 is 5.32 Å². The van der Waals surface area contributed by atoms with E-state index in [1.54, 1.807) is 0 Å². The highest BCUT2D eigenvalue weighted by atomic mass is 16.4. The Morgan fingerprint density at radius 2 is 1.76 bits per heavy atom. The second-order valence-electron chi connectivity index (χ2n) is 4.79. The number of hydrogen-bond donors (Lipinski definition) is 2. The Balaban J connectivity index is 3.04. The number of nitrogens with one attached hydrogen (secondary N) is 1. The van der Waals surface area contributed by atoms with Gasteiger partial charge in [0.1, 0.15) is 0 Å². The fourth-order valence-corrected chi connectivity index (χ4v) is 2.14. The summed E-state index contributed by atoms with van der Waals surface area (Å²) >= 11 is 0. The Morgan fingerprint density at radius 1 is 1.24 bits per heavy atom. The number of carboxylic acids is 1. The Bertz CT molecular complexity index is 370. The summed E-state index contributed by atoms with van der Waals surface area (Å²) in [6.45, 7) is 5.91. The fourth-order valence-electron chi connectivity index (χ4n) is 2.14. The number of aryl methyl sites for hydroxylation is 1. The highest BCUT2D eigenvalue weighted by molar-refractivity contribution is 5.71. The molecule has 0 saturated carbocycles. The zero-order valence-corrected chi connectivity index (χ0v) is 10.9. The van der Waals surface area contributed by atoms with Gasteiger partial charge >= 0.3 is 5.97 Å². The van der Waals surface area contributed by atoms with Crippen LogP contribution in [0.3, 0.4) is 0 Å². The molecule has 3 heteroatoms. The lowest BCUT2D eigenvalue weighted by Gasteiger charge is -2.27. The van der Waals surface area contributed by atoms with E-state index in [0.29, 0.717) is 0 Å². The average molecular weight is 235 g/mol. The molecule has 0 aliphatic rings. The average Bonchev–Trinajstić information content (AvgIpc) is 2.26. The number of hydrogen-bond acceptors (Lipinski definition) is 2. The van der Waals surface area contributed by atoms with Gasteiger partial charge < -0.3 is 10.4 Å². The predicted molar refractivity (Wildman–Crippen MR) is 68.9 cm³/mol. The zero-order valence-electron chi connectivity index (χ0n) is 10.9. The highest BCUT2D eigenvalue weighted by Crippen LogP contribution is 2.28. The smallest absolute Gasteiger partial charge is 0.308 e. The van der Waals surface area contributed by atoms with Gasteiger partial charge in [-0.25, -0.2) is 0 Å². The zero-order chi connectivity index (χ0) is 13.0. The Morgan fingerprint density at radius 3 is 2.12 bits per heavy atom. The van der Waals surface area contributed by atoms with Crippen LogP contribution in [0.5, 0.6) is 0 Å². The van der Waals surface area contributed by atoms with Crippen LogP contribution in [0, 0.1) is 18.8 Å². The van der Waals surface area contributed by atoms with E-state index in [4.69, 9.17) is 0 Å². The first-order chi connectivity index (χ1) is 7.97. The van der Waals surface area contributed by atoms with E-state index < -0.39 is 11.9 Å². The van der Waals surface area contributed by atoms with Gasteiger partial charge in [-0.15, -0.1) is 0 Å². The SMILES string of the molecule is CNC(c1ccc(C)cc1)C(C(=O)O)C(C)C. The molecular formula is C14H21NO2. The minimum absolute atomic E-state index is 0.0891. The van der Waals surface area contributed by atoms with E-state index in [2.05, 4.69) is 5.32 Å². The van der Waals surface area contributed by atoms with E-state index in [9.17, 15) is 9.90 Å². The summed E-state index contributed by atoms with van der Waals surface area (Å²) in [5.41, 5.74) is 2.21. The molecule has 1 aromatic carbocycles. The van der Waals surface area contributed by atoms with Crippen LogP contribution >= 0.6 is 0 Å². The van der Waals surface area contributed by atoms with Crippen molar-refractivity contribution in [2.45, 2.75) is 26.8 Å². The van der Waals surface area contributed by atoms with Crippen LogP contribution in [0.1, 0.15) is 31.0 Å². The van der Waals surface area contributed by atoms with E-state index in [1.165, 1.54) is 5.56 Å². The Kier molecular flexibility index (Phi) is 4.70. The molecular weight excluding hydrogens is 214 g/mol. The van der Waals surface area contributed by atoms with Crippen LogP contribution in [-0.2, 0) is 4.79 Å². The summed E-state index contributed by atoms with van der Waals surface area (Å²) in [6.07, 6.45) is 0. The topological polar surface area (TPSA) is 49.3 Å². The van der Waals surface area contributed by atoms with Crippen LogP contribution in [0.4, 0.5) is 0 Å². The number of carboxylic acid groups (broad SMARTS) is 1. The standard InChI is InChI=1S/C14H21NO2/c1-9(2)12(14(16)17)13(15-4)11-7-5-10(3)6-8-11/h5-9,12-13,15H,1-4H3,(H,16,17). The van der Waals surface area contributed by atoms with Crippen molar-refractivity contribution < 1.29 is 9.90 Å². The van der Waals surface area contributed by atoms with Crippen molar-refractivity contribution in [1.29, 1.82) is 0 Å². The maximum atomic E-state index is 11.3. The van der Waals surface area contributed by atoms with E-state index in [-0.39, 0.29) is 12.0 Å². The quantitative estimate of drug-likeness (QED) is 0.824. The minimum Gasteiger partial charge on any atom is -0.481 e. The first-order valence-electron chi connectivity index (χ1n) is 5.94. The maximum absolute atomic E-state index is 11.3. The molecule has 0 amide bonds. The first-order valence-corrected chi connectivity index (χ1v) is 5.94. The molecule has 94 valence electrons. The first kappa shape index (κ1) is 13.7. The van der Waals surface area contributed by atoms with Gasteiger partial charge in [-0.05, 0) is 25.5 Å². The summed E-state index contributed by atoms with van der Waals surface area (Å²) in [4.78, 5) is 11.3. The molecule has 0 spiro atoms. The van der Waals surface area contributed by atoms with Gasteiger partial charge in [0.2, 0.25) is 0 Å². The lowest BCUT2D eigenvalue weighted by atomic mass is 9.84. The predicted octanol–water partition coefficient (Wildman–Crippen LogP) is 2.61. The van der Waals surface area contributed by atoms with Crippen LogP contribution in [0.15, 0.2) is 24.3 Å². The summed E-state index contributed by atoms with van der Waals surface area (Å²) in [5.74, 6) is -1.08. The van der Waals surface area contributed by atoms with Gasteiger partial charge in [0.15, 0.2) is 0 Å². The fraction of sp³-hybridized carbons (Fsp3) is 0.500. The van der Waals surface area contributed by atoms with Crippen LogP contribution in [0.2, 0.25) is 0 Å². The van der Waals surface area contributed by atoms with Crippen molar-refractivity contribution >= 4 is 5.97 Å². The Labute approximate surface area is 103 Å². The van der Waals surface area contributed by atoms with Gasteiger partial charge in [-0.3, -0.25) is 4.79 Å². The molecule has 0 aliphatic carbocycles. The molecule has 0 bridgehead atoms. The van der Waals surface area contributed by atoms with Gasteiger partial charge in [0, 0.05) is 6.04 Å². The third-order valence-corrected chi connectivity index (χ3v) is 3.11. The second kappa shape index (κ2) is 5.82. The lowest BCUT2D eigenvalue weighted by molar-refractivity contribution is -0.144. The van der Waals surface area contributed by atoms with Crippen molar-refractivity contribution in [3.05, 3.63) is 35.4 Å². The number of aliphatic carboxylic acids is 1. The summed E-state index contributed by atoms with van der Waals surface area (Å²) in [5, 5.41) is 12.4. The molecule has 0 aromatic heterocycles. The summed E-state index contributed by atoms with van der Waals surface area (Å²) < 4.78 is 0. The largest absolute Gasteiger partial charge is 0.481 e. The molecule has 2 N–H and O–H groups in total. The van der Waals surface area contributed by atoms with Crippen molar-refractivity contribution in [3.8, 4) is 0 Å². The third kappa shape index (κ3) is 3.30. The molecule has 0 radical (unpaired) electrons. The summed E-state index contributed by atoms with van der Waals surface area (Å²) in [6, 6.07) is 7.87. The second-order valence-corrected chi connectivity index (χ2v) is 4.79. The molecule has 2 unspecified atom stereocenters. The minimum atomic E-state index is -0.750. The normalized spacial score (nSPS) is 14.6. The lowest BCUT2D eigenvalue weighted by Crippen LogP contribution is -2.34. The van der Waals surface area contributed by atoms with Gasteiger partial charge in [0.25, 0.3) is 0 Å². The van der Waals surface area contributed by atoms with Gasteiger partial charge in [0.05, 0.1) is 5.92 Å². The van der Waals surface area contributed by atoms with E-state index in [0.717, 1.165) is 5.56 Å². The maximum Gasteiger partial charge on any atom is 0.308 e. The number of carbonyl (C=O) groups is 1. The highest BCUT2D eigenvalue weighted by Gasteiger charge is 2.30. The monoisotopic (exact) mass is 235 g/mol. The molecule has 0 aliphatic heterocycles. The van der Waals surface area contributed by atoms with E-state index in [1.807, 2.05) is 52.1 Å². The molecule has 1 rings (SSSR count). The molecule has 3 nitrogen and oxygen atoms in total. The van der Waals surface area contributed by atoms with Crippen LogP contribution in [0.25, 0.3) is 0 Å². The van der Waals surface area contributed by atoms with Crippen molar-refractivity contribution in [2.75, 3.05) is 7.05 Å². The van der Waals surface area contributed by atoms with Gasteiger partial charge in [-0.1, -0.05) is 43.7 Å². The molecule has 0 saturated heterocycles. The third-order valence-electron chi connectivity index (χ3n) is 3.11. The molecule has 1 aromatic rings. The molecule has 17 heavy (non-hydrogen) atoms. The van der Waals surface area contributed by atoms with Crippen molar-refractivity contribution in [2.24, 2.45) is 11.8 Å². The molecule has 2 atom stereocenters. The summed E-state index contributed by atoms with van der Waals surface area (Å²) in [7, 11) is 1.81. The number of benzene rings is 1. The van der Waals surface area contributed by atoms with Crippen molar-refractivity contribution in [1.82, 2.24) is 5.32 Å². The van der Waals surface area contributed by atoms with Crippen LogP contribution in [-0.4, -0.2) is 18.1 Å². The molecule has 0 fully saturated rings. The van der Waals surface area contributed by atoms with Crippen molar-refractivity contribution in [3.63, 3.8) is 0 Å². The Hall–Kier alpha value is -1.35. The number of rotatable bonds is 5. The van der Waals surface area contributed by atoms with Gasteiger partial charge in [-0.2, -0.15) is 0 Å². The molecule has 0 heterocycles.